The lowest BCUT2D eigenvalue weighted by Crippen LogP contribution is -2.08. The summed E-state index contributed by atoms with van der Waals surface area (Å²) in [6, 6.07) is 12.3. The predicted octanol–water partition coefficient (Wildman–Crippen LogP) is 3.17. The van der Waals surface area contributed by atoms with Crippen LogP contribution in [0.3, 0.4) is 0 Å². The summed E-state index contributed by atoms with van der Waals surface area (Å²) in [4.78, 5) is 4.20. The van der Waals surface area contributed by atoms with Crippen molar-refractivity contribution in [3.05, 3.63) is 48.2 Å². The first-order valence-electron chi connectivity index (χ1n) is 6.10. The van der Waals surface area contributed by atoms with Crippen LogP contribution in [0.25, 0.3) is 11.1 Å². The lowest BCUT2D eigenvalue weighted by Gasteiger charge is -2.10. The van der Waals surface area contributed by atoms with Crippen LogP contribution in [0.15, 0.2) is 42.6 Å². The number of rotatable bonds is 4. The largest absolute Gasteiger partial charge is 0.481 e. The predicted molar refractivity (Wildman–Crippen MR) is 73.4 cm³/mol. The number of nitrogens with two attached hydrogens (primary N) is 1. The monoisotopic (exact) mass is 242 g/mol. The Bertz CT molecular complexity index is 491. The lowest BCUT2D eigenvalue weighted by molar-refractivity contribution is 0.398. The van der Waals surface area contributed by atoms with Crippen LogP contribution in [0, 0.1) is 0 Å². The van der Waals surface area contributed by atoms with Gasteiger partial charge in [-0.1, -0.05) is 31.2 Å². The summed E-state index contributed by atoms with van der Waals surface area (Å²) in [6.07, 6.45) is 2.76. The average Bonchev–Trinajstić information content (AvgIpc) is 2.47. The fourth-order valence-electron chi connectivity index (χ4n) is 1.83. The maximum absolute atomic E-state index is 5.99. The molecule has 0 amide bonds. The van der Waals surface area contributed by atoms with Crippen LogP contribution in [0.1, 0.15) is 24.9 Å². The van der Waals surface area contributed by atoms with Crippen molar-refractivity contribution in [3.63, 3.8) is 0 Å². The minimum atomic E-state index is 0.119. The molecule has 0 aliphatic carbocycles. The summed E-state index contributed by atoms with van der Waals surface area (Å²) in [6.45, 7) is 2.09. The van der Waals surface area contributed by atoms with Gasteiger partial charge in [-0.25, -0.2) is 4.98 Å². The van der Waals surface area contributed by atoms with Crippen LogP contribution in [0.4, 0.5) is 0 Å². The van der Waals surface area contributed by atoms with Crippen molar-refractivity contribution in [1.29, 1.82) is 0 Å². The molecule has 0 aliphatic rings. The van der Waals surface area contributed by atoms with Gasteiger partial charge in [-0.3, -0.25) is 0 Å². The molecule has 1 heterocycles. The molecule has 0 fully saturated rings. The molecule has 3 nitrogen and oxygen atoms in total. The van der Waals surface area contributed by atoms with Crippen LogP contribution in [0.5, 0.6) is 5.88 Å². The van der Waals surface area contributed by atoms with E-state index in [-0.39, 0.29) is 6.04 Å². The fourth-order valence-corrected chi connectivity index (χ4v) is 1.83. The molecule has 1 aromatic heterocycles. The highest BCUT2D eigenvalue weighted by atomic mass is 16.5. The molecule has 18 heavy (non-hydrogen) atoms. The third-order valence-electron chi connectivity index (χ3n) is 3.06. The molecule has 0 bridgehead atoms. The van der Waals surface area contributed by atoms with Gasteiger partial charge in [-0.15, -0.1) is 0 Å². The second-order valence-corrected chi connectivity index (χ2v) is 4.23. The number of nitrogens with zero attached hydrogens (tertiary/aromatic N) is 1. The number of pyridine rings is 1. The van der Waals surface area contributed by atoms with Crippen molar-refractivity contribution in [2.75, 3.05) is 7.11 Å². The molecule has 2 aromatic rings. The molecule has 0 aliphatic heterocycles. The topological polar surface area (TPSA) is 48.1 Å². The van der Waals surface area contributed by atoms with Crippen molar-refractivity contribution in [2.24, 2.45) is 5.73 Å². The van der Waals surface area contributed by atoms with Gasteiger partial charge < -0.3 is 10.5 Å². The Kier molecular flexibility index (Phi) is 3.95. The highest BCUT2D eigenvalue weighted by Crippen LogP contribution is 2.22. The molecule has 1 aromatic carbocycles. The van der Waals surface area contributed by atoms with Crippen LogP contribution in [-0.2, 0) is 0 Å². The highest BCUT2D eigenvalue weighted by Gasteiger charge is 2.04. The normalized spacial score (nSPS) is 12.2. The molecule has 0 saturated heterocycles. The quantitative estimate of drug-likeness (QED) is 0.895. The van der Waals surface area contributed by atoms with Gasteiger partial charge >= 0.3 is 0 Å². The van der Waals surface area contributed by atoms with E-state index >= 15 is 0 Å². The molecule has 2 rings (SSSR count). The first-order valence-corrected chi connectivity index (χ1v) is 6.10. The Balaban J connectivity index is 2.22. The van der Waals surface area contributed by atoms with E-state index in [1.54, 1.807) is 7.11 Å². The Morgan fingerprint density at radius 3 is 2.28 bits per heavy atom. The molecule has 0 radical (unpaired) electrons. The number of benzene rings is 1. The maximum atomic E-state index is 5.99. The zero-order valence-corrected chi connectivity index (χ0v) is 10.8. The molecular weight excluding hydrogens is 224 g/mol. The molecule has 1 atom stereocenters. The first kappa shape index (κ1) is 12.6. The van der Waals surface area contributed by atoms with Gasteiger partial charge in [-0.05, 0) is 23.6 Å². The molecule has 2 N–H and O–H groups in total. The third kappa shape index (κ3) is 2.68. The fraction of sp³-hybridized carbons (Fsp3) is 0.267. The van der Waals surface area contributed by atoms with E-state index in [1.807, 2.05) is 18.3 Å². The van der Waals surface area contributed by atoms with Gasteiger partial charge in [0.05, 0.1) is 7.11 Å². The van der Waals surface area contributed by atoms with Gasteiger partial charge in [0, 0.05) is 23.9 Å². The Hall–Kier alpha value is -1.87. The van der Waals surface area contributed by atoms with E-state index in [4.69, 9.17) is 10.5 Å². The number of hydrogen-bond donors (Lipinski definition) is 1. The summed E-state index contributed by atoms with van der Waals surface area (Å²) >= 11 is 0. The van der Waals surface area contributed by atoms with Gasteiger partial charge in [0.15, 0.2) is 0 Å². The van der Waals surface area contributed by atoms with E-state index < -0.39 is 0 Å². The van der Waals surface area contributed by atoms with E-state index in [2.05, 4.69) is 36.2 Å². The minimum absolute atomic E-state index is 0.119. The molecule has 3 heteroatoms. The molecular formula is C15H18N2O. The third-order valence-corrected chi connectivity index (χ3v) is 3.06. The van der Waals surface area contributed by atoms with Crippen LogP contribution >= 0.6 is 0 Å². The second-order valence-electron chi connectivity index (χ2n) is 4.23. The van der Waals surface area contributed by atoms with Gasteiger partial charge in [0.1, 0.15) is 0 Å². The Morgan fingerprint density at radius 2 is 1.78 bits per heavy atom. The van der Waals surface area contributed by atoms with Gasteiger partial charge in [0.25, 0.3) is 0 Å². The van der Waals surface area contributed by atoms with E-state index in [9.17, 15) is 0 Å². The van der Waals surface area contributed by atoms with E-state index in [1.165, 1.54) is 5.56 Å². The van der Waals surface area contributed by atoms with Crippen molar-refractivity contribution in [3.8, 4) is 17.0 Å². The minimum Gasteiger partial charge on any atom is -0.481 e. The van der Waals surface area contributed by atoms with Crippen molar-refractivity contribution in [1.82, 2.24) is 4.98 Å². The molecule has 94 valence electrons. The SMILES string of the molecule is CCC(N)c1ccc(-c2ccc(OC)nc2)cc1. The Labute approximate surface area is 108 Å². The van der Waals surface area contributed by atoms with Gasteiger partial charge in [-0.2, -0.15) is 0 Å². The number of aromatic nitrogens is 1. The molecule has 1 unspecified atom stereocenters. The van der Waals surface area contributed by atoms with Crippen LogP contribution < -0.4 is 10.5 Å². The van der Waals surface area contributed by atoms with Crippen LogP contribution in [0.2, 0.25) is 0 Å². The Morgan fingerprint density at radius 1 is 1.11 bits per heavy atom. The first-order chi connectivity index (χ1) is 8.74. The maximum Gasteiger partial charge on any atom is 0.212 e. The van der Waals surface area contributed by atoms with Gasteiger partial charge in [0.2, 0.25) is 5.88 Å². The molecule has 0 saturated carbocycles. The van der Waals surface area contributed by atoms with E-state index in [0.29, 0.717) is 5.88 Å². The molecule has 0 spiro atoms. The lowest BCUT2D eigenvalue weighted by atomic mass is 10.0. The van der Waals surface area contributed by atoms with Crippen molar-refractivity contribution >= 4 is 0 Å². The highest BCUT2D eigenvalue weighted by molar-refractivity contribution is 5.63. The van der Waals surface area contributed by atoms with Crippen LogP contribution in [-0.4, -0.2) is 12.1 Å². The average molecular weight is 242 g/mol. The van der Waals surface area contributed by atoms with Crippen molar-refractivity contribution in [2.45, 2.75) is 19.4 Å². The summed E-state index contributed by atoms with van der Waals surface area (Å²) < 4.78 is 5.04. The number of methoxy groups -OCH3 is 1. The van der Waals surface area contributed by atoms with Crippen molar-refractivity contribution < 1.29 is 4.74 Å². The zero-order valence-electron chi connectivity index (χ0n) is 10.8. The zero-order chi connectivity index (χ0) is 13.0. The summed E-state index contributed by atoms with van der Waals surface area (Å²) in [7, 11) is 1.61. The standard InChI is InChI=1S/C15H18N2O/c1-3-14(16)12-6-4-11(5-7-12)13-8-9-15(18-2)17-10-13/h4-10,14H,3,16H2,1-2H3. The summed E-state index contributed by atoms with van der Waals surface area (Å²) in [5, 5.41) is 0. The smallest absolute Gasteiger partial charge is 0.212 e. The van der Waals surface area contributed by atoms with E-state index in [0.717, 1.165) is 17.5 Å². The summed E-state index contributed by atoms with van der Waals surface area (Å²) in [5.74, 6) is 0.628. The summed E-state index contributed by atoms with van der Waals surface area (Å²) in [5.41, 5.74) is 9.37. The number of ether oxygens (including phenoxy) is 1. The second kappa shape index (κ2) is 5.65. The number of hydrogen-bond acceptors (Lipinski definition) is 3.